The van der Waals surface area contributed by atoms with Crippen LogP contribution < -0.4 is 5.73 Å². The summed E-state index contributed by atoms with van der Waals surface area (Å²) in [5.41, 5.74) is 5.26. The van der Waals surface area contributed by atoms with E-state index in [1.54, 1.807) is 0 Å². The summed E-state index contributed by atoms with van der Waals surface area (Å²) in [6.45, 7) is 1.94. The highest BCUT2D eigenvalue weighted by molar-refractivity contribution is 7.91. The molecule has 2 N–H and O–H groups in total. The fraction of sp³-hybridized carbons (Fsp3) is 0.900. The second kappa shape index (κ2) is 4.96. The van der Waals surface area contributed by atoms with E-state index in [1.165, 1.54) is 0 Å². The molecule has 1 amide bonds. The number of amides is 1. The van der Waals surface area contributed by atoms with E-state index in [-0.39, 0.29) is 23.3 Å². The lowest BCUT2D eigenvalue weighted by atomic mass is 9.88. The Labute approximate surface area is 91.1 Å². The standard InChI is InChI=1S/C10H19NO3S/c1-2-9(10(11)12)7-8-3-5-15(13,14)6-4-8/h8-9H,2-7H2,1H3,(H2,11,12). The Morgan fingerprint density at radius 2 is 1.93 bits per heavy atom. The zero-order valence-corrected chi connectivity index (χ0v) is 9.92. The van der Waals surface area contributed by atoms with E-state index in [1.807, 2.05) is 6.92 Å². The van der Waals surface area contributed by atoms with Gasteiger partial charge in [0.1, 0.15) is 9.84 Å². The number of sulfone groups is 1. The van der Waals surface area contributed by atoms with E-state index < -0.39 is 9.84 Å². The normalized spacial score (nSPS) is 23.5. The van der Waals surface area contributed by atoms with Crippen LogP contribution in [-0.2, 0) is 14.6 Å². The molecule has 1 unspecified atom stereocenters. The highest BCUT2D eigenvalue weighted by Crippen LogP contribution is 2.26. The van der Waals surface area contributed by atoms with Crippen molar-refractivity contribution in [1.82, 2.24) is 0 Å². The lowest BCUT2D eigenvalue weighted by molar-refractivity contribution is -0.122. The molecule has 1 aliphatic rings. The van der Waals surface area contributed by atoms with Gasteiger partial charge >= 0.3 is 0 Å². The van der Waals surface area contributed by atoms with Gasteiger partial charge in [-0.15, -0.1) is 0 Å². The van der Waals surface area contributed by atoms with Crippen molar-refractivity contribution in [2.75, 3.05) is 11.5 Å². The van der Waals surface area contributed by atoms with E-state index in [9.17, 15) is 13.2 Å². The number of carbonyl (C=O) groups excluding carboxylic acids is 1. The van der Waals surface area contributed by atoms with Gasteiger partial charge in [0, 0.05) is 5.92 Å². The van der Waals surface area contributed by atoms with Crippen LogP contribution in [0.15, 0.2) is 0 Å². The number of rotatable bonds is 4. The maximum absolute atomic E-state index is 11.2. The van der Waals surface area contributed by atoms with Gasteiger partial charge in [0.2, 0.25) is 5.91 Å². The minimum absolute atomic E-state index is 0.0872. The summed E-state index contributed by atoms with van der Waals surface area (Å²) in [5, 5.41) is 0. The highest BCUT2D eigenvalue weighted by atomic mass is 32.2. The third kappa shape index (κ3) is 3.81. The topological polar surface area (TPSA) is 77.2 Å². The Kier molecular flexibility index (Phi) is 4.13. The first-order chi connectivity index (χ1) is 6.94. The van der Waals surface area contributed by atoms with E-state index in [2.05, 4.69) is 0 Å². The lowest BCUT2D eigenvalue weighted by Crippen LogP contribution is -2.29. The minimum Gasteiger partial charge on any atom is -0.369 e. The van der Waals surface area contributed by atoms with Gasteiger partial charge in [-0.05, 0) is 31.6 Å². The van der Waals surface area contributed by atoms with Gasteiger partial charge in [-0.3, -0.25) is 4.79 Å². The van der Waals surface area contributed by atoms with E-state index in [4.69, 9.17) is 5.73 Å². The molecule has 0 bridgehead atoms. The zero-order chi connectivity index (χ0) is 11.5. The summed E-state index contributed by atoms with van der Waals surface area (Å²) in [7, 11) is -2.79. The molecule has 0 aromatic rings. The van der Waals surface area contributed by atoms with Gasteiger partial charge in [0.25, 0.3) is 0 Å². The van der Waals surface area contributed by atoms with Crippen LogP contribution in [0.1, 0.15) is 32.6 Å². The average molecular weight is 233 g/mol. The molecule has 5 heteroatoms. The summed E-state index contributed by atoms with van der Waals surface area (Å²) in [6, 6.07) is 0. The van der Waals surface area contributed by atoms with Crippen molar-refractivity contribution in [2.45, 2.75) is 32.6 Å². The lowest BCUT2D eigenvalue weighted by Gasteiger charge is -2.24. The van der Waals surface area contributed by atoms with Gasteiger partial charge in [0.05, 0.1) is 11.5 Å². The molecule has 0 saturated carbocycles. The van der Waals surface area contributed by atoms with Crippen LogP contribution in [0.4, 0.5) is 0 Å². The first-order valence-corrected chi connectivity index (χ1v) is 7.26. The van der Waals surface area contributed by atoms with Crippen molar-refractivity contribution in [3.05, 3.63) is 0 Å². The van der Waals surface area contributed by atoms with Crippen LogP contribution in [0.2, 0.25) is 0 Å². The van der Waals surface area contributed by atoms with Gasteiger partial charge in [-0.1, -0.05) is 6.92 Å². The smallest absolute Gasteiger partial charge is 0.220 e. The molecule has 1 fully saturated rings. The average Bonchev–Trinajstić information content (AvgIpc) is 2.15. The van der Waals surface area contributed by atoms with Crippen molar-refractivity contribution in [3.63, 3.8) is 0 Å². The van der Waals surface area contributed by atoms with Crippen molar-refractivity contribution in [1.29, 1.82) is 0 Å². The molecule has 0 aromatic carbocycles. The third-order valence-corrected chi connectivity index (χ3v) is 4.90. The summed E-state index contributed by atoms with van der Waals surface area (Å²) in [5.74, 6) is 0.549. The maximum atomic E-state index is 11.2. The molecular weight excluding hydrogens is 214 g/mol. The van der Waals surface area contributed by atoms with Crippen molar-refractivity contribution < 1.29 is 13.2 Å². The Hall–Kier alpha value is -0.580. The SMILES string of the molecule is CCC(CC1CCS(=O)(=O)CC1)C(N)=O. The zero-order valence-electron chi connectivity index (χ0n) is 9.11. The van der Waals surface area contributed by atoms with E-state index >= 15 is 0 Å². The molecule has 1 saturated heterocycles. The quantitative estimate of drug-likeness (QED) is 0.777. The summed E-state index contributed by atoms with van der Waals surface area (Å²) < 4.78 is 22.4. The fourth-order valence-corrected chi connectivity index (χ4v) is 3.65. The number of nitrogens with two attached hydrogens (primary N) is 1. The van der Waals surface area contributed by atoms with E-state index in [0.717, 1.165) is 12.8 Å². The first kappa shape index (κ1) is 12.5. The number of primary amides is 1. The van der Waals surface area contributed by atoms with Gasteiger partial charge in [-0.2, -0.15) is 0 Å². The van der Waals surface area contributed by atoms with Crippen LogP contribution in [0, 0.1) is 11.8 Å². The minimum atomic E-state index is -2.79. The second-order valence-corrected chi connectivity index (χ2v) is 6.64. The molecule has 1 heterocycles. The van der Waals surface area contributed by atoms with Crippen LogP contribution in [-0.4, -0.2) is 25.8 Å². The van der Waals surface area contributed by atoms with Gasteiger partial charge in [0.15, 0.2) is 0 Å². The van der Waals surface area contributed by atoms with E-state index in [0.29, 0.717) is 18.8 Å². The Balaban J connectivity index is 2.44. The molecule has 1 atom stereocenters. The number of hydrogen-bond acceptors (Lipinski definition) is 3. The molecular formula is C10H19NO3S. The monoisotopic (exact) mass is 233 g/mol. The first-order valence-electron chi connectivity index (χ1n) is 5.44. The van der Waals surface area contributed by atoms with Crippen LogP contribution in [0.5, 0.6) is 0 Å². The fourth-order valence-electron chi connectivity index (χ4n) is 2.06. The second-order valence-electron chi connectivity index (χ2n) is 4.34. The van der Waals surface area contributed by atoms with Crippen LogP contribution in [0.3, 0.4) is 0 Å². The van der Waals surface area contributed by atoms with Crippen molar-refractivity contribution >= 4 is 15.7 Å². The number of hydrogen-bond donors (Lipinski definition) is 1. The van der Waals surface area contributed by atoms with Crippen LogP contribution >= 0.6 is 0 Å². The van der Waals surface area contributed by atoms with Crippen molar-refractivity contribution in [3.8, 4) is 0 Å². The Morgan fingerprint density at radius 1 is 1.40 bits per heavy atom. The molecule has 1 rings (SSSR count). The maximum Gasteiger partial charge on any atom is 0.220 e. The predicted octanol–water partition coefficient (Wildman–Crippen LogP) is 0.713. The Bertz CT molecular complexity index is 310. The summed E-state index contributed by atoms with van der Waals surface area (Å²) >= 11 is 0. The summed E-state index contributed by atoms with van der Waals surface area (Å²) in [6.07, 6.45) is 2.87. The molecule has 0 radical (unpaired) electrons. The summed E-state index contributed by atoms with van der Waals surface area (Å²) in [4.78, 5) is 11.0. The largest absolute Gasteiger partial charge is 0.369 e. The molecule has 0 aromatic heterocycles. The third-order valence-electron chi connectivity index (χ3n) is 3.19. The van der Waals surface area contributed by atoms with Gasteiger partial charge in [-0.25, -0.2) is 8.42 Å². The molecule has 1 aliphatic heterocycles. The highest BCUT2D eigenvalue weighted by Gasteiger charge is 2.26. The predicted molar refractivity (Wildman–Crippen MR) is 59.0 cm³/mol. The molecule has 0 spiro atoms. The van der Waals surface area contributed by atoms with Crippen LogP contribution in [0.25, 0.3) is 0 Å². The molecule has 15 heavy (non-hydrogen) atoms. The molecule has 88 valence electrons. The molecule has 4 nitrogen and oxygen atoms in total. The number of carbonyl (C=O) groups is 1. The molecule has 0 aliphatic carbocycles. The Morgan fingerprint density at radius 3 is 2.33 bits per heavy atom. The van der Waals surface area contributed by atoms with Crippen molar-refractivity contribution in [2.24, 2.45) is 17.6 Å². The van der Waals surface area contributed by atoms with Gasteiger partial charge < -0.3 is 5.73 Å².